The maximum Gasteiger partial charge on any atom is 0.315 e. The molecular formula is C13H16O3. The quantitative estimate of drug-likeness (QED) is 0.575. The summed E-state index contributed by atoms with van der Waals surface area (Å²) in [7, 11) is 1.29. The third-order valence-electron chi connectivity index (χ3n) is 2.50. The van der Waals surface area contributed by atoms with Crippen LogP contribution < -0.4 is 0 Å². The number of methoxy groups -OCH3 is 1. The number of benzene rings is 1. The average Bonchev–Trinajstić information content (AvgIpc) is 2.27. The van der Waals surface area contributed by atoms with Crippen LogP contribution in [0.4, 0.5) is 0 Å². The molecule has 1 rings (SSSR count). The number of ketones is 1. The first-order valence-electron chi connectivity index (χ1n) is 5.20. The molecule has 3 heteroatoms. The van der Waals surface area contributed by atoms with Crippen molar-refractivity contribution in [3.05, 3.63) is 35.4 Å². The highest BCUT2D eigenvalue weighted by Crippen LogP contribution is 2.09. The van der Waals surface area contributed by atoms with E-state index in [1.165, 1.54) is 7.11 Å². The Morgan fingerprint density at radius 3 is 2.62 bits per heavy atom. The molecule has 0 aliphatic carbocycles. The molecule has 1 unspecified atom stereocenters. The molecule has 16 heavy (non-hydrogen) atoms. The SMILES string of the molecule is COC(=O)C(C)C(=O)Cc1cccc(C)c1. The smallest absolute Gasteiger partial charge is 0.315 e. The van der Waals surface area contributed by atoms with Crippen LogP contribution >= 0.6 is 0 Å². The molecule has 86 valence electrons. The molecule has 0 fully saturated rings. The molecule has 0 saturated heterocycles. The molecule has 0 saturated carbocycles. The first kappa shape index (κ1) is 12.4. The largest absolute Gasteiger partial charge is 0.468 e. The Labute approximate surface area is 95.4 Å². The summed E-state index contributed by atoms with van der Waals surface area (Å²) in [5.74, 6) is -1.28. The summed E-state index contributed by atoms with van der Waals surface area (Å²) in [4.78, 5) is 22.9. The second kappa shape index (κ2) is 5.45. The summed E-state index contributed by atoms with van der Waals surface area (Å²) in [6, 6.07) is 7.70. The maximum atomic E-state index is 11.7. The molecule has 3 nitrogen and oxygen atoms in total. The Kier molecular flexibility index (Phi) is 4.23. The van der Waals surface area contributed by atoms with Crippen molar-refractivity contribution in [2.45, 2.75) is 20.3 Å². The van der Waals surface area contributed by atoms with Crippen LogP contribution in [0.15, 0.2) is 24.3 Å². The van der Waals surface area contributed by atoms with E-state index in [4.69, 9.17) is 0 Å². The number of rotatable bonds is 4. The highest BCUT2D eigenvalue weighted by molar-refractivity contribution is 5.99. The molecule has 0 N–H and O–H groups in total. The predicted molar refractivity (Wildman–Crippen MR) is 61.1 cm³/mol. The van der Waals surface area contributed by atoms with Crippen molar-refractivity contribution in [2.75, 3.05) is 7.11 Å². The number of aryl methyl sites for hydroxylation is 1. The molecule has 1 atom stereocenters. The zero-order valence-corrected chi connectivity index (χ0v) is 9.82. The summed E-state index contributed by atoms with van der Waals surface area (Å²) in [6.07, 6.45) is 0.276. The summed E-state index contributed by atoms with van der Waals surface area (Å²) in [6.45, 7) is 3.54. The minimum Gasteiger partial charge on any atom is -0.468 e. The molecule has 0 bridgehead atoms. The highest BCUT2D eigenvalue weighted by Gasteiger charge is 2.21. The fourth-order valence-electron chi connectivity index (χ4n) is 1.48. The first-order valence-corrected chi connectivity index (χ1v) is 5.20. The molecule has 0 amide bonds. The lowest BCUT2D eigenvalue weighted by Gasteiger charge is -2.08. The lowest BCUT2D eigenvalue weighted by atomic mass is 9.99. The van der Waals surface area contributed by atoms with Gasteiger partial charge in [-0.2, -0.15) is 0 Å². The van der Waals surface area contributed by atoms with E-state index in [1.54, 1.807) is 6.92 Å². The van der Waals surface area contributed by atoms with Crippen LogP contribution in [-0.2, 0) is 20.7 Å². The molecule has 1 aromatic rings. The van der Waals surface area contributed by atoms with Crippen LogP contribution in [0.5, 0.6) is 0 Å². The average molecular weight is 220 g/mol. The van der Waals surface area contributed by atoms with Gasteiger partial charge in [-0.15, -0.1) is 0 Å². The van der Waals surface area contributed by atoms with Crippen molar-refractivity contribution in [2.24, 2.45) is 5.92 Å². The van der Waals surface area contributed by atoms with Gasteiger partial charge in [-0.3, -0.25) is 9.59 Å². The minimum absolute atomic E-state index is 0.113. The molecule has 0 radical (unpaired) electrons. The van der Waals surface area contributed by atoms with Gasteiger partial charge in [-0.25, -0.2) is 0 Å². The van der Waals surface area contributed by atoms with Crippen molar-refractivity contribution in [1.82, 2.24) is 0 Å². The zero-order chi connectivity index (χ0) is 12.1. The lowest BCUT2D eigenvalue weighted by Crippen LogP contribution is -2.23. The fourth-order valence-corrected chi connectivity index (χ4v) is 1.48. The van der Waals surface area contributed by atoms with E-state index in [0.717, 1.165) is 11.1 Å². The van der Waals surface area contributed by atoms with Gasteiger partial charge in [0.15, 0.2) is 5.78 Å². The fraction of sp³-hybridized carbons (Fsp3) is 0.385. The number of ether oxygens (including phenoxy) is 1. The van der Waals surface area contributed by atoms with E-state index in [0.29, 0.717) is 0 Å². The van der Waals surface area contributed by atoms with Crippen LogP contribution in [0.3, 0.4) is 0 Å². The van der Waals surface area contributed by atoms with Crippen LogP contribution in [0.25, 0.3) is 0 Å². The standard InChI is InChI=1S/C13H16O3/c1-9-5-4-6-11(7-9)8-12(14)10(2)13(15)16-3/h4-7,10H,8H2,1-3H3. The van der Waals surface area contributed by atoms with Gasteiger partial charge in [0.05, 0.1) is 7.11 Å². The minimum atomic E-state index is -0.689. The third kappa shape index (κ3) is 3.19. The van der Waals surface area contributed by atoms with Crippen molar-refractivity contribution in [3.8, 4) is 0 Å². The maximum absolute atomic E-state index is 11.7. The first-order chi connectivity index (χ1) is 7.54. The van der Waals surface area contributed by atoms with Gasteiger partial charge in [0, 0.05) is 6.42 Å². The number of esters is 1. The van der Waals surface area contributed by atoms with E-state index in [2.05, 4.69) is 4.74 Å². The van der Waals surface area contributed by atoms with E-state index in [-0.39, 0.29) is 12.2 Å². The topological polar surface area (TPSA) is 43.4 Å². The third-order valence-corrected chi connectivity index (χ3v) is 2.50. The molecule has 0 aliphatic heterocycles. The van der Waals surface area contributed by atoms with E-state index >= 15 is 0 Å². The van der Waals surface area contributed by atoms with Crippen molar-refractivity contribution in [1.29, 1.82) is 0 Å². The monoisotopic (exact) mass is 220 g/mol. The molecule has 0 aliphatic rings. The molecule has 0 aromatic heterocycles. The summed E-state index contributed by atoms with van der Waals surface area (Å²) < 4.78 is 4.53. The van der Waals surface area contributed by atoms with Crippen molar-refractivity contribution < 1.29 is 14.3 Å². The number of carbonyl (C=O) groups is 2. The van der Waals surface area contributed by atoms with Gasteiger partial charge in [-0.1, -0.05) is 29.8 Å². The Morgan fingerprint density at radius 1 is 1.38 bits per heavy atom. The van der Waals surface area contributed by atoms with E-state index in [9.17, 15) is 9.59 Å². The normalized spacial score (nSPS) is 11.9. The predicted octanol–water partition coefficient (Wildman–Crippen LogP) is 1.92. The van der Waals surface area contributed by atoms with Gasteiger partial charge in [0.1, 0.15) is 5.92 Å². The van der Waals surface area contributed by atoms with Crippen LogP contribution in [0, 0.1) is 12.8 Å². The lowest BCUT2D eigenvalue weighted by molar-refractivity contribution is -0.148. The van der Waals surface area contributed by atoms with Gasteiger partial charge >= 0.3 is 5.97 Å². The molecule has 1 aromatic carbocycles. The molecule has 0 spiro atoms. The number of carbonyl (C=O) groups excluding carboxylic acids is 2. The van der Waals surface area contributed by atoms with E-state index in [1.807, 2.05) is 31.2 Å². The second-order valence-corrected chi connectivity index (χ2v) is 3.88. The van der Waals surface area contributed by atoms with Gasteiger partial charge < -0.3 is 4.74 Å². The van der Waals surface area contributed by atoms with Crippen LogP contribution in [0.2, 0.25) is 0 Å². The summed E-state index contributed by atoms with van der Waals surface area (Å²) in [5, 5.41) is 0. The van der Waals surface area contributed by atoms with Gasteiger partial charge in [0.2, 0.25) is 0 Å². The van der Waals surface area contributed by atoms with E-state index < -0.39 is 11.9 Å². The Balaban J connectivity index is 2.68. The molecule has 0 heterocycles. The van der Waals surface area contributed by atoms with Gasteiger partial charge in [-0.05, 0) is 19.4 Å². The number of Topliss-reactive ketones (excluding diaryl/α,β-unsaturated/α-hetero) is 1. The second-order valence-electron chi connectivity index (χ2n) is 3.88. The van der Waals surface area contributed by atoms with Crippen molar-refractivity contribution >= 4 is 11.8 Å². The van der Waals surface area contributed by atoms with Crippen LogP contribution in [-0.4, -0.2) is 18.9 Å². The molecular weight excluding hydrogens is 204 g/mol. The summed E-state index contributed by atoms with van der Waals surface area (Å²) in [5.41, 5.74) is 2.04. The highest BCUT2D eigenvalue weighted by atomic mass is 16.5. The Bertz CT molecular complexity index is 396. The van der Waals surface area contributed by atoms with Crippen molar-refractivity contribution in [3.63, 3.8) is 0 Å². The Hall–Kier alpha value is -1.64. The Morgan fingerprint density at radius 2 is 2.06 bits per heavy atom. The number of hydrogen-bond donors (Lipinski definition) is 0. The number of hydrogen-bond acceptors (Lipinski definition) is 3. The summed E-state index contributed by atoms with van der Waals surface area (Å²) >= 11 is 0. The van der Waals surface area contributed by atoms with Gasteiger partial charge in [0.25, 0.3) is 0 Å². The van der Waals surface area contributed by atoms with Crippen LogP contribution in [0.1, 0.15) is 18.1 Å². The zero-order valence-electron chi connectivity index (χ0n) is 9.82.